The maximum Gasteiger partial charge on any atom is 0.224 e. The molecule has 0 saturated carbocycles. The monoisotopic (exact) mass is 470 g/mol. The average Bonchev–Trinajstić information content (AvgIpc) is 3.18. The molecule has 0 fully saturated rings. The van der Waals surface area contributed by atoms with Crippen LogP contribution in [0.2, 0.25) is 5.02 Å². The molecule has 5 nitrogen and oxygen atoms in total. The third-order valence-electron chi connectivity index (χ3n) is 4.72. The summed E-state index contributed by atoms with van der Waals surface area (Å²) in [5, 5.41) is 4.20. The molecular formula is C23H19ClN2O3S2. The van der Waals surface area contributed by atoms with E-state index in [2.05, 4.69) is 10.3 Å². The maximum atomic E-state index is 12.5. The van der Waals surface area contributed by atoms with Gasteiger partial charge in [0.1, 0.15) is 5.01 Å². The molecule has 0 spiro atoms. The molecule has 1 heterocycles. The first-order chi connectivity index (χ1) is 14.9. The lowest BCUT2D eigenvalue weighted by molar-refractivity contribution is -0.116. The molecule has 0 unspecified atom stereocenters. The van der Waals surface area contributed by atoms with Crippen molar-refractivity contribution in [2.75, 3.05) is 11.1 Å². The number of benzene rings is 3. The number of nitrogens with zero attached hydrogens (tertiary/aromatic N) is 1. The van der Waals surface area contributed by atoms with Crippen molar-refractivity contribution < 1.29 is 13.2 Å². The number of halogens is 1. The van der Waals surface area contributed by atoms with E-state index in [1.165, 1.54) is 12.1 Å². The van der Waals surface area contributed by atoms with Crippen LogP contribution in [0.15, 0.2) is 77.7 Å². The minimum absolute atomic E-state index is 0.0982. The van der Waals surface area contributed by atoms with Gasteiger partial charge in [0.25, 0.3) is 0 Å². The van der Waals surface area contributed by atoms with Crippen molar-refractivity contribution in [3.05, 3.63) is 77.8 Å². The lowest BCUT2D eigenvalue weighted by Gasteiger charge is -2.09. The predicted octanol–water partition coefficient (Wildman–Crippen LogP) is 5.81. The molecule has 8 heteroatoms. The second-order valence-corrected chi connectivity index (χ2v) is 10.5. The van der Waals surface area contributed by atoms with Crippen molar-refractivity contribution in [2.45, 2.75) is 17.7 Å². The normalized spacial score (nSPS) is 11.5. The topological polar surface area (TPSA) is 76.1 Å². The fourth-order valence-corrected chi connectivity index (χ4v) is 5.60. The van der Waals surface area contributed by atoms with Gasteiger partial charge in [-0.1, -0.05) is 35.9 Å². The van der Waals surface area contributed by atoms with E-state index in [0.717, 1.165) is 20.8 Å². The van der Waals surface area contributed by atoms with Crippen molar-refractivity contribution in [3.8, 4) is 10.6 Å². The summed E-state index contributed by atoms with van der Waals surface area (Å²) in [6.45, 7) is 0. The first-order valence-corrected chi connectivity index (χ1v) is 12.5. The van der Waals surface area contributed by atoms with Gasteiger partial charge in [-0.15, -0.1) is 11.3 Å². The number of nitrogens with one attached hydrogen (secondary N) is 1. The number of rotatable bonds is 7. The number of hydrogen-bond acceptors (Lipinski definition) is 5. The van der Waals surface area contributed by atoms with E-state index in [-0.39, 0.29) is 29.4 Å². The van der Waals surface area contributed by atoms with Crippen LogP contribution in [0.1, 0.15) is 12.8 Å². The predicted molar refractivity (Wildman–Crippen MR) is 126 cm³/mol. The highest BCUT2D eigenvalue weighted by atomic mass is 35.5. The van der Waals surface area contributed by atoms with Gasteiger partial charge in [0.05, 0.1) is 26.6 Å². The van der Waals surface area contributed by atoms with Crippen molar-refractivity contribution >= 4 is 54.6 Å². The molecule has 31 heavy (non-hydrogen) atoms. The Labute approximate surface area is 189 Å². The second kappa shape index (κ2) is 9.18. The quantitative estimate of drug-likeness (QED) is 0.370. The minimum Gasteiger partial charge on any atom is -0.325 e. The van der Waals surface area contributed by atoms with Gasteiger partial charge in [0.2, 0.25) is 5.91 Å². The Bertz CT molecular complexity index is 1300. The van der Waals surface area contributed by atoms with E-state index in [0.29, 0.717) is 10.7 Å². The molecule has 0 atom stereocenters. The number of para-hydroxylation sites is 2. The Morgan fingerprint density at radius 3 is 2.45 bits per heavy atom. The van der Waals surface area contributed by atoms with E-state index >= 15 is 0 Å². The number of anilines is 1. The highest BCUT2D eigenvalue weighted by Crippen LogP contribution is 2.34. The largest absolute Gasteiger partial charge is 0.325 e. The van der Waals surface area contributed by atoms with E-state index in [1.54, 1.807) is 23.5 Å². The van der Waals surface area contributed by atoms with Crippen LogP contribution in [0.4, 0.5) is 5.69 Å². The van der Waals surface area contributed by atoms with E-state index in [4.69, 9.17) is 11.6 Å². The van der Waals surface area contributed by atoms with E-state index < -0.39 is 9.84 Å². The van der Waals surface area contributed by atoms with E-state index in [9.17, 15) is 13.2 Å². The second-order valence-electron chi connectivity index (χ2n) is 6.96. The van der Waals surface area contributed by atoms with Crippen LogP contribution in [0, 0.1) is 0 Å². The van der Waals surface area contributed by atoms with Gasteiger partial charge in [-0.25, -0.2) is 13.4 Å². The number of aromatic nitrogens is 1. The van der Waals surface area contributed by atoms with Crippen LogP contribution in [0.25, 0.3) is 20.8 Å². The molecular weight excluding hydrogens is 452 g/mol. The number of carbonyl (C=O) groups excluding carboxylic acids is 1. The molecule has 0 saturated heterocycles. The minimum atomic E-state index is -3.46. The summed E-state index contributed by atoms with van der Waals surface area (Å²) in [4.78, 5) is 17.4. The number of fused-ring (bicyclic) bond motifs is 1. The lowest BCUT2D eigenvalue weighted by Crippen LogP contribution is -2.14. The van der Waals surface area contributed by atoms with Crippen molar-refractivity contribution in [1.29, 1.82) is 0 Å². The summed E-state index contributed by atoms with van der Waals surface area (Å²) < 4.78 is 25.9. The highest BCUT2D eigenvalue weighted by Gasteiger charge is 2.16. The zero-order chi connectivity index (χ0) is 21.8. The molecule has 1 amide bonds. The summed E-state index contributed by atoms with van der Waals surface area (Å²) in [5.41, 5.74) is 2.41. The fraction of sp³-hybridized carbons (Fsp3) is 0.130. The van der Waals surface area contributed by atoms with Crippen LogP contribution >= 0.6 is 22.9 Å². The summed E-state index contributed by atoms with van der Waals surface area (Å²) in [5.74, 6) is -0.346. The van der Waals surface area contributed by atoms with Gasteiger partial charge in [0.15, 0.2) is 9.84 Å². The molecule has 4 aromatic rings. The average molecular weight is 471 g/mol. The van der Waals surface area contributed by atoms with E-state index in [1.807, 2.05) is 48.5 Å². The summed E-state index contributed by atoms with van der Waals surface area (Å²) in [6, 6.07) is 21.4. The SMILES string of the molecule is O=C(CCCS(=O)(=O)c1ccc(Cl)cc1)Nc1ccccc1-c1nc2ccccc2s1. The number of hydrogen-bond donors (Lipinski definition) is 1. The van der Waals surface area contributed by atoms with Crippen LogP contribution in [0.5, 0.6) is 0 Å². The highest BCUT2D eigenvalue weighted by molar-refractivity contribution is 7.91. The summed E-state index contributed by atoms with van der Waals surface area (Å²) in [6.07, 6.45) is 0.321. The molecule has 0 bridgehead atoms. The van der Waals surface area contributed by atoms with Crippen molar-refractivity contribution in [2.24, 2.45) is 0 Å². The van der Waals surface area contributed by atoms with Gasteiger partial charge in [0, 0.05) is 17.0 Å². The lowest BCUT2D eigenvalue weighted by atomic mass is 10.1. The first kappa shape index (κ1) is 21.5. The molecule has 158 valence electrons. The third kappa shape index (κ3) is 5.12. The third-order valence-corrected chi connectivity index (χ3v) is 7.85. The van der Waals surface area contributed by atoms with Gasteiger partial charge < -0.3 is 5.32 Å². The van der Waals surface area contributed by atoms with Gasteiger partial charge in [-0.3, -0.25) is 4.79 Å². The van der Waals surface area contributed by atoms with Gasteiger partial charge in [-0.05, 0) is 55.0 Å². The maximum absolute atomic E-state index is 12.5. The number of thiazole rings is 1. The zero-order valence-electron chi connectivity index (χ0n) is 16.4. The van der Waals surface area contributed by atoms with Crippen LogP contribution in [-0.2, 0) is 14.6 Å². The van der Waals surface area contributed by atoms with Crippen LogP contribution in [0.3, 0.4) is 0 Å². The smallest absolute Gasteiger partial charge is 0.224 e. The van der Waals surface area contributed by atoms with Gasteiger partial charge in [-0.2, -0.15) is 0 Å². The van der Waals surface area contributed by atoms with Crippen molar-refractivity contribution in [3.63, 3.8) is 0 Å². The van der Waals surface area contributed by atoms with Gasteiger partial charge >= 0.3 is 0 Å². The Morgan fingerprint density at radius 1 is 0.968 bits per heavy atom. The molecule has 0 aliphatic carbocycles. The molecule has 4 rings (SSSR count). The molecule has 0 aliphatic rings. The van der Waals surface area contributed by atoms with Crippen LogP contribution in [-0.4, -0.2) is 25.1 Å². The Morgan fingerprint density at radius 2 is 1.68 bits per heavy atom. The molecule has 1 N–H and O–H groups in total. The number of carbonyl (C=O) groups is 1. The fourth-order valence-electron chi connectivity index (χ4n) is 3.16. The molecule has 1 aromatic heterocycles. The zero-order valence-corrected chi connectivity index (χ0v) is 18.8. The van der Waals surface area contributed by atoms with Crippen molar-refractivity contribution in [1.82, 2.24) is 4.98 Å². The Kier molecular flexibility index (Phi) is 6.36. The molecule has 0 aliphatic heterocycles. The summed E-state index contributed by atoms with van der Waals surface area (Å²) in [7, 11) is -3.46. The van der Waals surface area contributed by atoms with Crippen LogP contribution < -0.4 is 5.32 Å². The number of amides is 1. The Balaban J connectivity index is 1.42. The number of sulfone groups is 1. The Hall–Kier alpha value is -2.74. The molecule has 3 aromatic carbocycles. The standard InChI is InChI=1S/C23H19ClN2O3S2/c24-16-11-13-17(14-12-16)31(28,29)15-5-10-22(27)25-19-7-2-1-6-18(19)23-26-20-8-3-4-9-21(20)30-23/h1-4,6-9,11-14H,5,10,15H2,(H,25,27). The molecule has 0 radical (unpaired) electrons. The first-order valence-electron chi connectivity index (χ1n) is 9.65. The summed E-state index contributed by atoms with van der Waals surface area (Å²) >= 11 is 7.37.